The van der Waals surface area contributed by atoms with Crippen LogP contribution in [0.5, 0.6) is 0 Å². The molecule has 2 heterocycles. The third-order valence-electron chi connectivity index (χ3n) is 2.23. The van der Waals surface area contributed by atoms with Crippen LogP contribution in [0.3, 0.4) is 0 Å². The van der Waals surface area contributed by atoms with Gasteiger partial charge in [-0.1, -0.05) is 6.07 Å². The molecule has 17 heavy (non-hydrogen) atoms. The van der Waals surface area contributed by atoms with Gasteiger partial charge in [0.05, 0.1) is 13.2 Å². The van der Waals surface area contributed by atoms with Crippen LogP contribution in [0.2, 0.25) is 0 Å². The molecule has 0 spiro atoms. The number of rotatable bonds is 2. The Morgan fingerprint density at radius 2 is 2.18 bits per heavy atom. The number of ether oxygens (including phenoxy) is 1. The molecule has 0 aromatic carbocycles. The first kappa shape index (κ1) is 13.6. The molecular weight excluding hydrogens is 220 g/mol. The number of hydrogen-bond donors (Lipinski definition) is 1. The number of morpholine rings is 1. The molecule has 0 bridgehead atoms. The minimum absolute atomic E-state index is 0.833. The van der Waals surface area contributed by atoms with Gasteiger partial charge in [0.15, 0.2) is 0 Å². The summed E-state index contributed by atoms with van der Waals surface area (Å²) in [7, 11) is 0. The number of carbonyl (C=O) groups is 1. The number of carboxylic acids is 1. The van der Waals surface area contributed by atoms with Gasteiger partial charge in [0.2, 0.25) is 0 Å². The number of aliphatic carboxylic acids is 1. The predicted molar refractivity (Wildman–Crippen MR) is 63.6 cm³/mol. The Hall–Kier alpha value is -1.46. The molecule has 0 radical (unpaired) electrons. The van der Waals surface area contributed by atoms with E-state index in [4.69, 9.17) is 14.6 Å². The van der Waals surface area contributed by atoms with Crippen LogP contribution < -0.4 is 0 Å². The van der Waals surface area contributed by atoms with Crippen molar-refractivity contribution in [1.29, 1.82) is 0 Å². The van der Waals surface area contributed by atoms with E-state index in [1.54, 1.807) is 0 Å². The molecule has 1 aliphatic rings. The van der Waals surface area contributed by atoms with Crippen molar-refractivity contribution in [2.75, 3.05) is 26.3 Å². The number of carboxylic acid groups (broad SMARTS) is 1. The summed E-state index contributed by atoms with van der Waals surface area (Å²) in [6.45, 7) is 5.88. The van der Waals surface area contributed by atoms with E-state index in [9.17, 15) is 0 Å². The molecule has 1 aromatic heterocycles. The summed E-state index contributed by atoms with van der Waals surface area (Å²) >= 11 is 0. The van der Waals surface area contributed by atoms with Crippen LogP contribution in [-0.2, 0) is 16.1 Å². The average molecular weight is 238 g/mol. The molecule has 0 aliphatic carbocycles. The first-order chi connectivity index (χ1) is 8.18. The molecule has 0 atom stereocenters. The Morgan fingerprint density at radius 1 is 1.53 bits per heavy atom. The van der Waals surface area contributed by atoms with Crippen LogP contribution in [0, 0.1) is 0 Å². The fourth-order valence-electron chi connectivity index (χ4n) is 1.51. The first-order valence-electron chi connectivity index (χ1n) is 5.57. The van der Waals surface area contributed by atoms with Crippen LogP contribution in [0.4, 0.5) is 0 Å². The third-order valence-corrected chi connectivity index (χ3v) is 2.23. The van der Waals surface area contributed by atoms with Gasteiger partial charge in [-0.25, -0.2) is 0 Å². The second kappa shape index (κ2) is 7.76. The largest absolute Gasteiger partial charge is 0.481 e. The van der Waals surface area contributed by atoms with Gasteiger partial charge in [-0.3, -0.25) is 14.7 Å². The van der Waals surface area contributed by atoms with Crippen molar-refractivity contribution in [3.05, 3.63) is 30.1 Å². The lowest BCUT2D eigenvalue weighted by Crippen LogP contribution is -2.35. The van der Waals surface area contributed by atoms with Gasteiger partial charge < -0.3 is 9.84 Å². The van der Waals surface area contributed by atoms with Crippen molar-refractivity contribution in [1.82, 2.24) is 9.88 Å². The van der Waals surface area contributed by atoms with Crippen molar-refractivity contribution in [2.24, 2.45) is 0 Å². The molecule has 5 nitrogen and oxygen atoms in total. The van der Waals surface area contributed by atoms with Crippen molar-refractivity contribution in [3.63, 3.8) is 0 Å². The molecule has 2 rings (SSSR count). The zero-order chi connectivity index (χ0) is 12.5. The summed E-state index contributed by atoms with van der Waals surface area (Å²) in [5.41, 5.74) is 1.28. The van der Waals surface area contributed by atoms with Gasteiger partial charge in [-0.05, 0) is 11.6 Å². The molecule has 1 aromatic rings. The van der Waals surface area contributed by atoms with Gasteiger partial charge in [-0.2, -0.15) is 0 Å². The van der Waals surface area contributed by atoms with E-state index in [1.807, 2.05) is 18.5 Å². The summed E-state index contributed by atoms with van der Waals surface area (Å²) < 4.78 is 5.28. The van der Waals surface area contributed by atoms with E-state index in [-0.39, 0.29) is 0 Å². The normalized spacial score (nSPS) is 15.8. The van der Waals surface area contributed by atoms with Crippen molar-refractivity contribution in [2.45, 2.75) is 13.5 Å². The molecule has 1 N–H and O–H groups in total. The molecule has 0 unspecified atom stereocenters. The lowest BCUT2D eigenvalue weighted by atomic mass is 10.2. The maximum absolute atomic E-state index is 9.00. The quantitative estimate of drug-likeness (QED) is 0.833. The van der Waals surface area contributed by atoms with Gasteiger partial charge in [-0.15, -0.1) is 0 Å². The van der Waals surface area contributed by atoms with Gasteiger partial charge in [0.1, 0.15) is 0 Å². The third kappa shape index (κ3) is 6.65. The number of nitrogens with zero attached hydrogens (tertiary/aromatic N) is 2. The van der Waals surface area contributed by atoms with Gasteiger partial charge in [0, 0.05) is 39.0 Å². The van der Waals surface area contributed by atoms with Crippen molar-refractivity contribution >= 4 is 5.97 Å². The molecule has 94 valence electrons. The number of aromatic nitrogens is 1. The maximum Gasteiger partial charge on any atom is 0.300 e. The molecule has 0 amide bonds. The summed E-state index contributed by atoms with van der Waals surface area (Å²) in [5.74, 6) is -0.833. The van der Waals surface area contributed by atoms with E-state index in [2.05, 4.69) is 16.0 Å². The van der Waals surface area contributed by atoms with E-state index in [0.29, 0.717) is 0 Å². The highest BCUT2D eigenvalue weighted by Gasteiger charge is 2.09. The summed E-state index contributed by atoms with van der Waals surface area (Å²) in [6.07, 6.45) is 3.73. The highest BCUT2D eigenvalue weighted by molar-refractivity contribution is 5.62. The zero-order valence-electron chi connectivity index (χ0n) is 10.0. The highest BCUT2D eigenvalue weighted by atomic mass is 16.5. The zero-order valence-corrected chi connectivity index (χ0v) is 10.0. The second-order valence-corrected chi connectivity index (χ2v) is 3.77. The van der Waals surface area contributed by atoms with Gasteiger partial charge >= 0.3 is 0 Å². The Kier molecular flexibility index (Phi) is 6.21. The van der Waals surface area contributed by atoms with E-state index >= 15 is 0 Å². The number of pyridine rings is 1. The smallest absolute Gasteiger partial charge is 0.300 e. The molecule has 0 saturated carbocycles. The number of hydrogen-bond acceptors (Lipinski definition) is 4. The molecule has 1 saturated heterocycles. The Morgan fingerprint density at radius 3 is 2.71 bits per heavy atom. The SMILES string of the molecule is CC(=O)O.c1cncc(CN2CCOCC2)c1. The lowest BCUT2D eigenvalue weighted by Gasteiger charge is -2.26. The molecular formula is C12H18N2O3. The van der Waals surface area contributed by atoms with Gasteiger partial charge in [0.25, 0.3) is 5.97 Å². The van der Waals surface area contributed by atoms with Crippen LogP contribution in [0.25, 0.3) is 0 Å². The minimum atomic E-state index is -0.833. The molecule has 5 heteroatoms. The Bertz CT molecular complexity index is 320. The fourth-order valence-corrected chi connectivity index (χ4v) is 1.51. The average Bonchev–Trinajstić information content (AvgIpc) is 2.31. The first-order valence-corrected chi connectivity index (χ1v) is 5.57. The fraction of sp³-hybridized carbons (Fsp3) is 0.500. The summed E-state index contributed by atoms with van der Waals surface area (Å²) in [4.78, 5) is 15.5. The monoisotopic (exact) mass is 238 g/mol. The second-order valence-electron chi connectivity index (χ2n) is 3.77. The Labute approximate surface area is 101 Å². The maximum atomic E-state index is 9.00. The minimum Gasteiger partial charge on any atom is -0.481 e. The summed E-state index contributed by atoms with van der Waals surface area (Å²) in [5, 5.41) is 7.42. The lowest BCUT2D eigenvalue weighted by molar-refractivity contribution is -0.134. The molecule has 1 fully saturated rings. The summed E-state index contributed by atoms with van der Waals surface area (Å²) in [6, 6.07) is 4.10. The van der Waals surface area contributed by atoms with E-state index < -0.39 is 5.97 Å². The molecule has 1 aliphatic heterocycles. The predicted octanol–water partition coefficient (Wildman–Crippen LogP) is 1.00. The van der Waals surface area contributed by atoms with Crippen molar-refractivity contribution < 1.29 is 14.6 Å². The van der Waals surface area contributed by atoms with Crippen LogP contribution >= 0.6 is 0 Å². The van der Waals surface area contributed by atoms with Crippen LogP contribution in [-0.4, -0.2) is 47.3 Å². The van der Waals surface area contributed by atoms with Crippen molar-refractivity contribution in [3.8, 4) is 0 Å². The topological polar surface area (TPSA) is 62.7 Å². The van der Waals surface area contributed by atoms with E-state index in [0.717, 1.165) is 39.8 Å². The van der Waals surface area contributed by atoms with Crippen LogP contribution in [0.15, 0.2) is 24.5 Å². The standard InChI is InChI=1S/C10H14N2O.C2H4O2/c1-2-10(8-11-3-1)9-12-4-6-13-7-5-12;1-2(3)4/h1-3,8H,4-7,9H2;1H3,(H,3,4). The highest BCUT2D eigenvalue weighted by Crippen LogP contribution is 2.04. The van der Waals surface area contributed by atoms with Crippen LogP contribution in [0.1, 0.15) is 12.5 Å². The Balaban J connectivity index is 0.000000317. The van der Waals surface area contributed by atoms with E-state index in [1.165, 1.54) is 5.56 Å².